The van der Waals surface area contributed by atoms with Crippen molar-refractivity contribution in [2.75, 3.05) is 0 Å². The Labute approximate surface area is 39.9 Å². The van der Waals surface area contributed by atoms with Gasteiger partial charge in [0.1, 0.15) is 0 Å². The Morgan fingerprint density at radius 2 is 2.33 bits per heavy atom. The average molecular weight is 83.2 g/mol. The van der Waals surface area contributed by atoms with Gasteiger partial charge >= 0.3 is 0 Å². The maximum absolute atomic E-state index is 5.16. The summed E-state index contributed by atoms with van der Waals surface area (Å²) in [7, 11) is 0. The van der Waals surface area contributed by atoms with E-state index in [0.29, 0.717) is 5.92 Å². The van der Waals surface area contributed by atoms with Gasteiger partial charge in [-0.2, -0.15) is 0 Å². The molecular formula is C6H11. The second-order valence-electron chi connectivity index (χ2n) is 1.58. The first kappa shape index (κ1) is 5.74. The highest BCUT2D eigenvalue weighted by atomic mass is 13.9. The van der Waals surface area contributed by atoms with E-state index < -0.39 is 0 Å². The van der Waals surface area contributed by atoms with E-state index in [1.807, 2.05) is 0 Å². The third-order valence-electron chi connectivity index (χ3n) is 0.972. The molecule has 35 valence electrons. The largest absolute Gasteiger partial charge is 0.0817 e. The fourth-order valence-electron chi connectivity index (χ4n) is 0.136. The van der Waals surface area contributed by atoms with Gasteiger partial charge in [-0.05, 0) is 5.92 Å². The lowest BCUT2D eigenvalue weighted by Crippen LogP contribution is -1.80. The van der Waals surface area contributed by atoms with Crippen molar-refractivity contribution in [1.82, 2.24) is 0 Å². The van der Waals surface area contributed by atoms with Gasteiger partial charge in [-0.15, -0.1) is 0 Å². The maximum atomic E-state index is 5.16. The molecule has 0 aliphatic carbocycles. The standard InChI is InChI=1S/C6H11/c1-4-6(3)5-2/h1,4,6H,5H2,2-3H3/t6-/m1/s1. The Morgan fingerprint density at radius 1 is 1.83 bits per heavy atom. The third kappa shape index (κ3) is 2.01. The zero-order valence-electron chi connectivity index (χ0n) is 4.44. The quantitative estimate of drug-likeness (QED) is 0.479. The first-order chi connectivity index (χ1) is 2.81. The zero-order valence-corrected chi connectivity index (χ0v) is 4.44. The summed E-state index contributed by atoms with van der Waals surface area (Å²) in [5.74, 6) is 0.588. The Kier molecular flexibility index (Phi) is 2.82. The first-order valence-corrected chi connectivity index (χ1v) is 2.36. The van der Waals surface area contributed by atoms with Crippen LogP contribution in [0.15, 0.2) is 6.08 Å². The van der Waals surface area contributed by atoms with Crippen LogP contribution in [0.25, 0.3) is 0 Å². The van der Waals surface area contributed by atoms with Crippen LogP contribution in [0, 0.1) is 12.5 Å². The molecule has 0 N–H and O–H groups in total. The second-order valence-corrected chi connectivity index (χ2v) is 1.58. The van der Waals surface area contributed by atoms with Crippen molar-refractivity contribution < 1.29 is 0 Å². The average Bonchev–Trinajstić information content (AvgIpc) is 1.65. The molecule has 6 heavy (non-hydrogen) atoms. The van der Waals surface area contributed by atoms with Crippen LogP contribution in [0.2, 0.25) is 0 Å². The second kappa shape index (κ2) is 2.95. The zero-order chi connectivity index (χ0) is 4.99. The molecule has 0 bridgehead atoms. The molecule has 0 saturated heterocycles. The minimum Gasteiger partial charge on any atom is -0.0817 e. The fraction of sp³-hybridized carbons (Fsp3) is 0.667. The van der Waals surface area contributed by atoms with Gasteiger partial charge in [0.15, 0.2) is 0 Å². The van der Waals surface area contributed by atoms with Crippen LogP contribution in [-0.2, 0) is 0 Å². The Hall–Kier alpha value is -0.260. The van der Waals surface area contributed by atoms with Gasteiger partial charge in [0.2, 0.25) is 0 Å². The van der Waals surface area contributed by atoms with E-state index in [1.165, 1.54) is 0 Å². The lowest BCUT2D eigenvalue weighted by Gasteiger charge is -1.93. The van der Waals surface area contributed by atoms with Crippen molar-refractivity contribution in [1.29, 1.82) is 0 Å². The van der Waals surface area contributed by atoms with E-state index in [-0.39, 0.29) is 0 Å². The molecule has 0 aromatic rings. The molecule has 1 atom stereocenters. The molecule has 0 aromatic carbocycles. The molecule has 0 aromatic heterocycles. The first-order valence-electron chi connectivity index (χ1n) is 2.36. The van der Waals surface area contributed by atoms with E-state index in [1.54, 1.807) is 6.08 Å². The molecule has 0 spiro atoms. The smallest absolute Gasteiger partial charge is 0.0261 e. The fourth-order valence-corrected chi connectivity index (χ4v) is 0.136. The number of allylic oxidation sites excluding steroid dienone is 1. The van der Waals surface area contributed by atoms with Crippen LogP contribution in [0.5, 0.6) is 0 Å². The molecular weight excluding hydrogens is 72.1 g/mol. The molecule has 0 aliphatic heterocycles. The van der Waals surface area contributed by atoms with Gasteiger partial charge in [0, 0.05) is 0 Å². The van der Waals surface area contributed by atoms with Gasteiger partial charge in [-0.3, -0.25) is 0 Å². The van der Waals surface area contributed by atoms with Crippen molar-refractivity contribution in [3.8, 4) is 0 Å². The Bertz CT molecular complexity index is 37.3. The molecule has 0 fully saturated rings. The number of rotatable bonds is 2. The summed E-state index contributed by atoms with van der Waals surface area (Å²) in [4.78, 5) is 0. The highest BCUT2D eigenvalue weighted by molar-refractivity contribution is 4.69. The van der Waals surface area contributed by atoms with E-state index in [2.05, 4.69) is 13.8 Å². The lowest BCUT2D eigenvalue weighted by atomic mass is 10.1. The molecule has 0 saturated carbocycles. The van der Waals surface area contributed by atoms with E-state index in [0.717, 1.165) is 6.42 Å². The monoisotopic (exact) mass is 83.1 g/mol. The predicted octanol–water partition coefficient (Wildman–Crippen LogP) is 2.02. The van der Waals surface area contributed by atoms with Crippen LogP contribution < -0.4 is 0 Å². The van der Waals surface area contributed by atoms with Crippen LogP contribution in [0.3, 0.4) is 0 Å². The lowest BCUT2D eigenvalue weighted by molar-refractivity contribution is 0.699. The van der Waals surface area contributed by atoms with Gasteiger partial charge in [0.05, 0.1) is 0 Å². The minimum atomic E-state index is 0.588. The Balaban J connectivity index is 2.96. The van der Waals surface area contributed by atoms with Gasteiger partial charge < -0.3 is 0 Å². The van der Waals surface area contributed by atoms with E-state index in [9.17, 15) is 0 Å². The maximum Gasteiger partial charge on any atom is -0.0261 e. The summed E-state index contributed by atoms with van der Waals surface area (Å²) in [6.07, 6.45) is 2.87. The molecule has 1 radical (unpaired) electrons. The van der Waals surface area contributed by atoms with Crippen LogP contribution in [0.4, 0.5) is 0 Å². The summed E-state index contributed by atoms with van der Waals surface area (Å²) in [5.41, 5.74) is 0. The van der Waals surface area contributed by atoms with Crippen molar-refractivity contribution in [3.05, 3.63) is 12.7 Å². The topological polar surface area (TPSA) is 0 Å². The molecule has 0 rings (SSSR count). The molecule has 0 heteroatoms. The van der Waals surface area contributed by atoms with Crippen molar-refractivity contribution >= 4 is 0 Å². The summed E-state index contributed by atoms with van der Waals surface area (Å²) < 4.78 is 0. The minimum absolute atomic E-state index is 0.588. The SMILES string of the molecule is [CH]=C[C@@H](C)CC. The summed E-state index contributed by atoms with van der Waals surface area (Å²) >= 11 is 0. The molecule has 0 heterocycles. The molecule has 0 amide bonds. The van der Waals surface area contributed by atoms with E-state index in [4.69, 9.17) is 6.58 Å². The van der Waals surface area contributed by atoms with Gasteiger partial charge in [0.25, 0.3) is 0 Å². The summed E-state index contributed by atoms with van der Waals surface area (Å²) in [6.45, 7) is 9.37. The van der Waals surface area contributed by atoms with Crippen LogP contribution >= 0.6 is 0 Å². The van der Waals surface area contributed by atoms with Crippen molar-refractivity contribution in [3.63, 3.8) is 0 Å². The van der Waals surface area contributed by atoms with Crippen molar-refractivity contribution in [2.45, 2.75) is 20.3 Å². The summed E-state index contributed by atoms with van der Waals surface area (Å²) in [5, 5.41) is 0. The van der Waals surface area contributed by atoms with Gasteiger partial charge in [-0.1, -0.05) is 32.9 Å². The Morgan fingerprint density at radius 3 is 2.33 bits per heavy atom. The molecule has 0 unspecified atom stereocenters. The predicted molar refractivity (Wildman–Crippen MR) is 28.3 cm³/mol. The molecule has 0 nitrogen and oxygen atoms in total. The molecule has 0 aliphatic rings. The van der Waals surface area contributed by atoms with E-state index >= 15 is 0 Å². The number of hydrogen-bond acceptors (Lipinski definition) is 0. The summed E-state index contributed by atoms with van der Waals surface area (Å²) in [6, 6.07) is 0. The van der Waals surface area contributed by atoms with Gasteiger partial charge in [-0.25, -0.2) is 0 Å². The highest BCUT2D eigenvalue weighted by Gasteiger charge is 1.84. The van der Waals surface area contributed by atoms with Crippen LogP contribution in [-0.4, -0.2) is 0 Å². The van der Waals surface area contributed by atoms with Crippen molar-refractivity contribution in [2.24, 2.45) is 5.92 Å². The number of hydrogen-bond donors (Lipinski definition) is 0. The normalized spacial score (nSPS) is 13.7. The highest BCUT2D eigenvalue weighted by Crippen LogP contribution is 1.97. The van der Waals surface area contributed by atoms with Crippen LogP contribution in [0.1, 0.15) is 20.3 Å². The third-order valence-corrected chi connectivity index (χ3v) is 0.972.